The van der Waals surface area contributed by atoms with Crippen molar-refractivity contribution in [1.29, 1.82) is 0 Å². The molecule has 110 valence electrons. The Hall–Kier alpha value is -2.20. The summed E-state index contributed by atoms with van der Waals surface area (Å²) in [6.07, 6.45) is 0. The van der Waals surface area contributed by atoms with E-state index in [0.717, 1.165) is 4.47 Å². The normalized spacial score (nSPS) is 10.5. The van der Waals surface area contributed by atoms with Gasteiger partial charge in [0.2, 0.25) is 5.82 Å². The number of hydrogen-bond acceptors (Lipinski definition) is 1. The van der Waals surface area contributed by atoms with Gasteiger partial charge in [0.15, 0.2) is 11.6 Å². The summed E-state index contributed by atoms with van der Waals surface area (Å²) in [5.41, 5.74) is 0.802. The van der Waals surface area contributed by atoms with Crippen LogP contribution in [0.2, 0.25) is 0 Å². The third-order valence-electron chi connectivity index (χ3n) is 3.17. The second-order valence-electron chi connectivity index (χ2n) is 4.66. The quantitative estimate of drug-likeness (QED) is 0.541. The van der Waals surface area contributed by atoms with Gasteiger partial charge >= 0.3 is 0 Å². The first kappa shape index (κ1) is 14.7. The largest absolute Gasteiger partial charge is 0.454 e. The molecule has 0 radical (unpaired) electrons. The molecule has 0 aliphatic carbocycles. The average molecular weight is 361 g/mol. The molecule has 0 aliphatic rings. The second-order valence-corrected chi connectivity index (χ2v) is 5.58. The molecule has 0 N–H and O–H groups in total. The van der Waals surface area contributed by atoms with Gasteiger partial charge in [0.1, 0.15) is 5.75 Å². The topological polar surface area (TPSA) is 9.23 Å². The summed E-state index contributed by atoms with van der Waals surface area (Å²) in [6.45, 7) is 0. The number of ether oxygens (including phenoxy) is 1. The third kappa shape index (κ3) is 3.02. The van der Waals surface area contributed by atoms with E-state index in [1.165, 1.54) is 12.1 Å². The summed E-state index contributed by atoms with van der Waals surface area (Å²) in [6, 6.07) is 18.7. The Balaban J connectivity index is 1.96. The van der Waals surface area contributed by atoms with Gasteiger partial charge < -0.3 is 4.74 Å². The molecule has 0 spiro atoms. The van der Waals surface area contributed by atoms with E-state index in [-0.39, 0.29) is 11.3 Å². The standard InChI is InChI=1S/C18H11BrF2O/c19-13-8-6-12(7-9-13)15-10-11-16(18(21)17(15)20)22-14-4-2-1-3-5-14/h1-11H. The molecular formula is C18H11BrF2O. The van der Waals surface area contributed by atoms with E-state index in [1.807, 2.05) is 6.07 Å². The Morgan fingerprint density at radius 3 is 2.09 bits per heavy atom. The van der Waals surface area contributed by atoms with Gasteiger partial charge in [-0.05, 0) is 42.0 Å². The molecule has 1 nitrogen and oxygen atoms in total. The minimum atomic E-state index is -0.996. The lowest BCUT2D eigenvalue weighted by Crippen LogP contribution is -1.95. The van der Waals surface area contributed by atoms with Crippen molar-refractivity contribution in [2.75, 3.05) is 0 Å². The fourth-order valence-electron chi connectivity index (χ4n) is 2.08. The van der Waals surface area contributed by atoms with Gasteiger partial charge in [-0.3, -0.25) is 0 Å². The molecule has 0 aromatic heterocycles. The molecule has 3 rings (SSSR count). The van der Waals surface area contributed by atoms with E-state index in [9.17, 15) is 8.78 Å². The molecule has 0 aliphatic heterocycles. The van der Waals surface area contributed by atoms with Crippen molar-refractivity contribution >= 4 is 15.9 Å². The minimum absolute atomic E-state index is 0.135. The van der Waals surface area contributed by atoms with Crippen molar-refractivity contribution in [3.05, 3.63) is 82.8 Å². The molecule has 0 amide bonds. The Labute approximate surface area is 135 Å². The molecule has 0 saturated heterocycles. The van der Waals surface area contributed by atoms with Crippen LogP contribution in [-0.2, 0) is 0 Å². The van der Waals surface area contributed by atoms with Gasteiger partial charge in [0, 0.05) is 10.0 Å². The molecule has 0 bridgehead atoms. The molecular weight excluding hydrogens is 350 g/mol. The van der Waals surface area contributed by atoms with Crippen LogP contribution in [0.4, 0.5) is 8.78 Å². The zero-order valence-electron chi connectivity index (χ0n) is 11.4. The highest BCUT2D eigenvalue weighted by Gasteiger charge is 2.16. The lowest BCUT2D eigenvalue weighted by Gasteiger charge is -2.10. The Bertz CT molecular complexity index is 786. The van der Waals surface area contributed by atoms with E-state index >= 15 is 0 Å². The fraction of sp³-hybridized carbons (Fsp3) is 0. The number of para-hydroxylation sites is 1. The first-order chi connectivity index (χ1) is 10.6. The fourth-order valence-corrected chi connectivity index (χ4v) is 2.34. The highest BCUT2D eigenvalue weighted by Crippen LogP contribution is 2.32. The maximum Gasteiger partial charge on any atom is 0.201 e. The van der Waals surface area contributed by atoms with E-state index in [1.54, 1.807) is 48.5 Å². The van der Waals surface area contributed by atoms with E-state index in [0.29, 0.717) is 11.3 Å². The van der Waals surface area contributed by atoms with Crippen LogP contribution < -0.4 is 4.74 Å². The molecule has 0 saturated carbocycles. The highest BCUT2D eigenvalue weighted by molar-refractivity contribution is 9.10. The molecule has 22 heavy (non-hydrogen) atoms. The van der Waals surface area contributed by atoms with E-state index in [4.69, 9.17) is 4.74 Å². The smallest absolute Gasteiger partial charge is 0.201 e. The van der Waals surface area contributed by atoms with Crippen molar-refractivity contribution in [3.63, 3.8) is 0 Å². The Morgan fingerprint density at radius 2 is 1.41 bits per heavy atom. The zero-order valence-corrected chi connectivity index (χ0v) is 13.0. The summed E-state index contributed by atoms with van der Waals surface area (Å²) in [7, 11) is 0. The van der Waals surface area contributed by atoms with E-state index < -0.39 is 11.6 Å². The number of benzene rings is 3. The highest BCUT2D eigenvalue weighted by atomic mass is 79.9. The molecule has 3 aromatic rings. The van der Waals surface area contributed by atoms with Crippen molar-refractivity contribution in [2.45, 2.75) is 0 Å². The van der Waals surface area contributed by atoms with Crippen LogP contribution in [0, 0.1) is 11.6 Å². The zero-order chi connectivity index (χ0) is 15.5. The summed E-state index contributed by atoms with van der Waals surface area (Å²) >= 11 is 3.31. The van der Waals surface area contributed by atoms with Crippen LogP contribution >= 0.6 is 15.9 Å². The second kappa shape index (κ2) is 6.28. The number of halogens is 3. The van der Waals surface area contributed by atoms with Gasteiger partial charge in [-0.25, -0.2) is 4.39 Å². The maximum atomic E-state index is 14.3. The van der Waals surface area contributed by atoms with Crippen molar-refractivity contribution in [2.24, 2.45) is 0 Å². The monoisotopic (exact) mass is 360 g/mol. The van der Waals surface area contributed by atoms with Crippen LogP contribution in [0.15, 0.2) is 71.2 Å². The summed E-state index contributed by atoms with van der Waals surface area (Å²) in [4.78, 5) is 0. The molecule has 0 heterocycles. The van der Waals surface area contributed by atoms with Crippen LogP contribution in [0.3, 0.4) is 0 Å². The van der Waals surface area contributed by atoms with Gasteiger partial charge in [-0.1, -0.05) is 46.3 Å². The molecule has 3 aromatic carbocycles. The summed E-state index contributed by atoms with van der Waals surface area (Å²) in [5.74, 6) is -1.60. The Kier molecular flexibility index (Phi) is 4.20. The minimum Gasteiger partial charge on any atom is -0.454 e. The first-order valence-corrected chi connectivity index (χ1v) is 7.41. The molecule has 0 fully saturated rings. The lowest BCUT2D eigenvalue weighted by molar-refractivity contribution is 0.417. The SMILES string of the molecule is Fc1c(Oc2ccccc2)ccc(-c2ccc(Br)cc2)c1F. The van der Waals surface area contributed by atoms with Gasteiger partial charge in [0.05, 0.1) is 0 Å². The van der Waals surface area contributed by atoms with Crippen LogP contribution in [0.5, 0.6) is 11.5 Å². The lowest BCUT2D eigenvalue weighted by atomic mass is 10.0. The number of hydrogen-bond donors (Lipinski definition) is 0. The summed E-state index contributed by atoms with van der Waals surface area (Å²) in [5, 5.41) is 0. The van der Waals surface area contributed by atoms with Crippen molar-refractivity contribution < 1.29 is 13.5 Å². The molecule has 0 atom stereocenters. The molecule has 4 heteroatoms. The third-order valence-corrected chi connectivity index (χ3v) is 3.70. The summed E-state index contributed by atoms with van der Waals surface area (Å²) < 4.78 is 34.7. The van der Waals surface area contributed by atoms with Gasteiger partial charge in [-0.15, -0.1) is 0 Å². The van der Waals surface area contributed by atoms with Crippen LogP contribution in [0.1, 0.15) is 0 Å². The molecule has 0 unspecified atom stereocenters. The van der Waals surface area contributed by atoms with Gasteiger partial charge in [-0.2, -0.15) is 4.39 Å². The van der Waals surface area contributed by atoms with Crippen molar-refractivity contribution in [1.82, 2.24) is 0 Å². The average Bonchev–Trinajstić information content (AvgIpc) is 2.54. The predicted molar refractivity (Wildman–Crippen MR) is 86.0 cm³/mol. The van der Waals surface area contributed by atoms with E-state index in [2.05, 4.69) is 15.9 Å². The van der Waals surface area contributed by atoms with Crippen LogP contribution in [0.25, 0.3) is 11.1 Å². The maximum absolute atomic E-state index is 14.3. The van der Waals surface area contributed by atoms with Crippen LogP contribution in [-0.4, -0.2) is 0 Å². The van der Waals surface area contributed by atoms with Crippen molar-refractivity contribution in [3.8, 4) is 22.6 Å². The van der Waals surface area contributed by atoms with Gasteiger partial charge in [0.25, 0.3) is 0 Å². The Morgan fingerprint density at radius 1 is 0.727 bits per heavy atom. The number of rotatable bonds is 3. The predicted octanol–water partition coefficient (Wildman–Crippen LogP) is 6.19. The first-order valence-electron chi connectivity index (χ1n) is 6.62.